The summed E-state index contributed by atoms with van der Waals surface area (Å²) in [5, 5.41) is 3.63. The molecular weight excluding hydrogens is 368 g/mol. The van der Waals surface area contributed by atoms with Gasteiger partial charge >= 0.3 is 0 Å². The number of sulfonamides is 1. The van der Waals surface area contributed by atoms with Gasteiger partial charge in [0.25, 0.3) is 10.0 Å². The van der Waals surface area contributed by atoms with Gasteiger partial charge in [-0.05, 0) is 40.9 Å². The largest absolute Gasteiger partial charge is 0.336 e. The van der Waals surface area contributed by atoms with Crippen LogP contribution < -0.4 is 4.31 Å². The predicted octanol–water partition coefficient (Wildman–Crippen LogP) is 2.99. The van der Waals surface area contributed by atoms with E-state index in [1.54, 1.807) is 34.4 Å². The maximum Gasteiger partial charge on any atom is 0.265 e. The molecule has 5 rings (SSSR count). The highest BCUT2D eigenvalue weighted by atomic mass is 32.2. The number of hydrogen-bond donors (Lipinski definition) is 0. The van der Waals surface area contributed by atoms with Crippen molar-refractivity contribution in [1.82, 2.24) is 4.90 Å². The number of hydrogen-bond acceptors (Lipinski definition) is 4. The molecule has 1 aromatic heterocycles. The lowest BCUT2D eigenvalue weighted by atomic mass is 10.1. The molecule has 0 fully saturated rings. The maximum atomic E-state index is 13.0. The first-order valence-corrected chi connectivity index (χ1v) is 10.8. The van der Waals surface area contributed by atoms with Crippen molar-refractivity contribution in [3.63, 3.8) is 0 Å². The van der Waals surface area contributed by atoms with E-state index >= 15 is 0 Å². The van der Waals surface area contributed by atoms with Crippen molar-refractivity contribution in [2.45, 2.75) is 17.9 Å². The van der Waals surface area contributed by atoms with Crippen LogP contribution in [0.5, 0.6) is 0 Å². The topological polar surface area (TPSA) is 57.7 Å². The molecule has 0 aliphatic carbocycles. The van der Waals surface area contributed by atoms with Gasteiger partial charge in [-0.2, -0.15) is 0 Å². The van der Waals surface area contributed by atoms with Crippen LogP contribution in [0, 0.1) is 0 Å². The van der Waals surface area contributed by atoms with Crippen LogP contribution in [0.1, 0.15) is 10.4 Å². The van der Waals surface area contributed by atoms with Crippen LogP contribution in [0.15, 0.2) is 52.7 Å². The van der Waals surface area contributed by atoms with Crippen molar-refractivity contribution >= 4 is 43.7 Å². The molecule has 3 aromatic rings. The van der Waals surface area contributed by atoms with Gasteiger partial charge in [-0.15, -0.1) is 11.3 Å². The van der Waals surface area contributed by atoms with Crippen LogP contribution >= 0.6 is 11.3 Å². The standard InChI is InChI=1S/C19H16N2O3S2/c22-18(20-9-7-16-14(11-20)8-10-25-16)12-21-15-5-1-3-13-4-2-6-17(19(13)15)26(21,23)24/h1-6,8,10H,7,9,11-12H2. The molecule has 0 saturated heterocycles. The van der Waals surface area contributed by atoms with E-state index < -0.39 is 10.0 Å². The van der Waals surface area contributed by atoms with Gasteiger partial charge in [0.1, 0.15) is 6.54 Å². The van der Waals surface area contributed by atoms with Crippen molar-refractivity contribution in [1.29, 1.82) is 0 Å². The van der Waals surface area contributed by atoms with Gasteiger partial charge in [0, 0.05) is 23.4 Å². The molecule has 132 valence electrons. The van der Waals surface area contributed by atoms with Gasteiger partial charge in [0.2, 0.25) is 5.91 Å². The second-order valence-electron chi connectivity index (χ2n) is 6.58. The molecule has 26 heavy (non-hydrogen) atoms. The van der Waals surface area contributed by atoms with E-state index in [0.717, 1.165) is 11.8 Å². The molecule has 0 radical (unpaired) electrons. The van der Waals surface area contributed by atoms with Crippen molar-refractivity contribution in [2.75, 3.05) is 17.4 Å². The highest BCUT2D eigenvalue weighted by Crippen LogP contribution is 2.41. The van der Waals surface area contributed by atoms with Crippen LogP contribution in [0.4, 0.5) is 5.69 Å². The molecule has 0 unspecified atom stereocenters. The van der Waals surface area contributed by atoms with E-state index in [0.29, 0.717) is 24.2 Å². The van der Waals surface area contributed by atoms with Gasteiger partial charge in [0.05, 0.1) is 10.6 Å². The van der Waals surface area contributed by atoms with Gasteiger partial charge in [-0.3, -0.25) is 9.10 Å². The second-order valence-corrected chi connectivity index (χ2v) is 9.41. The fourth-order valence-corrected chi connectivity index (χ4v) is 6.36. The fraction of sp³-hybridized carbons (Fsp3) is 0.211. The van der Waals surface area contributed by atoms with E-state index in [1.807, 2.05) is 29.6 Å². The Labute approximate surface area is 155 Å². The quantitative estimate of drug-likeness (QED) is 0.682. The molecular formula is C19H16N2O3S2. The summed E-state index contributed by atoms with van der Waals surface area (Å²) >= 11 is 1.72. The third-order valence-electron chi connectivity index (χ3n) is 5.12. The first-order chi connectivity index (χ1) is 12.6. The Morgan fingerprint density at radius 1 is 1.12 bits per heavy atom. The van der Waals surface area contributed by atoms with Gasteiger partial charge < -0.3 is 4.90 Å². The van der Waals surface area contributed by atoms with E-state index in [9.17, 15) is 13.2 Å². The molecule has 7 heteroatoms. The van der Waals surface area contributed by atoms with E-state index in [1.165, 1.54) is 14.7 Å². The second kappa shape index (κ2) is 5.56. The molecule has 2 aromatic carbocycles. The average Bonchev–Trinajstić information content (AvgIpc) is 3.19. The molecule has 0 N–H and O–H groups in total. The van der Waals surface area contributed by atoms with Gasteiger partial charge in [-0.1, -0.05) is 24.3 Å². The molecule has 0 bridgehead atoms. The third-order valence-corrected chi connectivity index (χ3v) is 7.95. The van der Waals surface area contributed by atoms with Crippen LogP contribution in [0.2, 0.25) is 0 Å². The number of amides is 1. The number of rotatable bonds is 2. The maximum absolute atomic E-state index is 13.0. The SMILES string of the molecule is O=C(CN1c2cccc3cccc(c23)S1(=O)=O)N1CCc2sccc2C1. The first-order valence-electron chi connectivity index (χ1n) is 8.43. The Bertz CT molecular complexity index is 1150. The van der Waals surface area contributed by atoms with E-state index in [2.05, 4.69) is 0 Å². The zero-order chi connectivity index (χ0) is 17.9. The summed E-state index contributed by atoms with van der Waals surface area (Å²) in [5.41, 5.74) is 1.77. The summed E-state index contributed by atoms with van der Waals surface area (Å²) in [6.07, 6.45) is 0.835. The average molecular weight is 384 g/mol. The normalized spacial score (nSPS) is 17.5. The lowest BCUT2D eigenvalue weighted by molar-refractivity contribution is -0.130. The molecule has 5 nitrogen and oxygen atoms in total. The zero-order valence-corrected chi connectivity index (χ0v) is 15.5. The highest BCUT2D eigenvalue weighted by Gasteiger charge is 2.37. The third kappa shape index (κ3) is 2.20. The van der Waals surface area contributed by atoms with Crippen LogP contribution in [0.25, 0.3) is 10.8 Å². The number of fused-ring (bicyclic) bond motifs is 1. The Hall–Kier alpha value is -2.38. The van der Waals surface area contributed by atoms with Gasteiger partial charge in [-0.25, -0.2) is 8.42 Å². The minimum Gasteiger partial charge on any atom is -0.336 e. The number of carbonyl (C=O) groups excluding carboxylic acids is 1. The predicted molar refractivity (Wildman–Crippen MR) is 102 cm³/mol. The Balaban J connectivity index is 1.48. The number of benzene rings is 2. The van der Waals surface area contributed by atoms with Crippen LogP contribution in [-0.4, -0.2) is 32.3 Å². The van der Waals surface area contributed by atoms with Crippen LogP contribution in [0.3, 0.4) is 0 Å². The monoisotopic (exact) mass is 384 g/mol. The van der Waals surface area contributed by atoms with E-state index in [4.69, 9.17) is 0 Å². The first kappa shape index (κ1) is 15.8. The lowest BCUT2D eigenvalue weighted by Gasteiger charge is -2.29. The van der Waals surface area contributed by atoms with Crippen molar-refractivity contribution < 1.29 is 13.2 Å². The summed E-state index contributed by atoms with van der Waals surface area (Å²) in [7, 11) is -3.69. The number of thiophene rings is 1. The Kier molecular flexibility index (Phi) is 3.39. The van der Waals surface area contributed by atoms with Crippen molar-refractivity contribution in [3.8, 4) is 0 Å². The Morgan fingerprint density at radius 3 is 2.77 bits per heavy atom. The fourth-order valence-electron chi connectivity index (χ4n) is 3.81. The van der Waals surface area contributed by atoms with Gasteiger partial charge in [0.15, 0.2) is 0 Å². The highest BCUT2D eigenvalue weighted by molar-refractivity contribution is 7.93. The summed E-state index contributed by atoms with van der Waals surface area (Å²) in [6, 6.07) is 12.8. The molecule has 3 heterocycles. The smallest absolute Gasteiger partial charge is 0.265 e. The van der Waals surface area contributed by atoms with E-state index in [-0.39, 0.29) is 17.3 Å². The molecule has 2 aliphatic heterocycles. The molecule has 2 aliphatic rings. The minimum atomic E-state index is -3.69. The lowest BCUT2D eigenvalue weighted by Crippen LogP contribution is -2.43. The molecule has 1 amide bonds. The minimum absolute atomic E-state index is 0.157. The summed E-state index contributed by atoms with van der Waals surface area (Å²) in [4.78, 5) is 16.2. The molecule has 0 atom stereocenters. The molecule has 0 saturated carbocycles. The number of anilines is 1. The van der Waals surface area contributed by atoms with Crippen molar-refractivity contribution in [2.24, 2.45) is 0 Å². The Morgan fingerprint density at radius 2 is 1.92 bits per heavy atom. The summed E-state index contributed by atoms with van der Waals surface area (Å²) in [6.45, 7) is 1.04. The van der Waals surface area contributed by atoms with Crippen LogP contribution in [-0.2, 0) is 27.8 Å². The summed E-state index contributed by atoms with van der Waals surface area (Å²) in [5.74, 6) is -0.157. The number of carbonyl (C=O) groups is 1. The number of nitrogens with zero attached hydrogens (tertiary/aromatic N) is 2. The summed E-state index contributed by atoms with van der Waals surface area (Å²) < 4.78 is 27.3. The zero-order valence-electron chi connectivity index (χ0n) is 13.9. The molecule has 0 spiro atoms. The van der Waals surface area contributed by atoms with Crippen molar-refractivity contribution in [3.05, 3.63) is 58.3 Å².